The van der Waals surface area contributed by atoms with Crippen LogP contribution in [0.1, 0.15) is 5.56 Å². The number of rotatable bonds is 3. The van der Waals surface area contributed by atoms with Gasteiger partial charge in [0.25, 0.3) is 0 Å². The van der Waals surface area contributed by atoms with Crippen molar-refractivity contribution in [3.63, 3.8) is 0 Å². The van der Waals surface area contributed by atoms with Gasteiger partial charge in [-0.3, -0.25) is 0 Å². The predicted molar refractivity (Wildman–Crippen MR) is 83.5 cm³/mol. The average Bonchev–Trinajstić information content (AvgIpc) is 2.25. The SMILES string of the molecule is Nc1cc(Br)ccc1S(=O)(=O)Cc1cc(F)cc(Br)c1. The van der Waals surface area contributed by atoms with Gasteiger partial charge >= 0.3 is 0 Å². The second-order valence-electron chi connectivity index (χ2n) is 4.22. The van der Waals surface area contributed by atoms with Crippen molar-refractivity contribution < 1.29 is 12.8 Å². The lowest BCUT2D eigenvalue weighted by Gasteiger charge is -2.08. The number of hydrogen-bond donors (Lipinski definition) is 1. The smallest absolute Gasteiger partial charge is 0.184 e. The van der Waals surface area contributed by atoms with Crippen molar-refractivity contribution in [2.24, 2.45) is 0 Å². The summed E-state index contributed by atoms with van der Waals surface area (Å²) in [5.74, 6) is -0.803. The Morgan fingerprint density at radius 2 is 1.75 bits per heavy atom. The monoisotopic (exact) mass is 421 g/mol. The summed E-state index contributed by atoms with van der Waals surface area (Å²) < 4.78 is 39.1. The van der Waals surface area contributed by atoms with Crippen molar-refractivity contribution in [1.29, 1.82) is 0 Å². The van der Waals surface area contributed by atoms with Gasteiger partial charge < -0.3 is 5.73 Å². The molecule has 0 atom stereocenters. The zero-order valence-corrected chi connectivity index (χ0v) is 14.1. The van der Waals surface area contributed by atoms with E-state index in [0.717, 1.165) is 0 Å². The van der Waals surface area contributed by atoms with Crippen molar-refractivity contribution in [3.8, 4) is 0 Å². The zero-order chi connectivity index (χ0) is 14.9. The summed E-state index contributed by atoms with van der Waals surface area (Å²) in [6, 6.07) is 8.58. The molecule has 0 saturated carbocycles. The molecule has 0 spiro atoms. The number of sulfone groups is 1. The molecule has 7 heteroatoms. The summed E-state index contributed by atoms with van der Waals surface area (Å²) in [7, 11) is -3.63. The topological polar surface area (TPSA) is 60.2 Å². The summed E-state index contributed by atoms with van der Waals surface area (Å²) in [5, 5.41) is 0. The van der Waals surface area contributed by atoms with Crippen molar-refractivity contribution in [3.05, 3.63) is 56.7 Å². The van der Waals surface area contributed by atoms with Gasteiger partial charge in [0.2, 0.25) is 0 Å². The Labute approximate surface area is 133 Å². The average molecular weight is 423 g/mol. The van der Waals surface area contributed by atoms with Crippen LogP contribution in [0, 0.1) is 5.82 Å². The molecule has 0 aliphatic rings. The van der Waals surface area contributed by atoms with Gasteiger partial charge in [-0.1, -0.05) is 31.9 Å². The molecule has 0 unspecified atom stereocenters. The third kappa shape index (κ3) is 3.59. The first-order chi connectivity index (χ1) is 9.28. The molecule has 0 amide bonds. The molecule has 106 valence electrons. The van der Waals surface area contributed by atoms with E-state index in [2.05, 4.69) is 31.9 Å². The van der Waals surface area contributed by atoms with Gasteiger partial charge in [0.1, 0.15) is 5.82 Å². The van der Waals surface area contributed by atoms with E-state index in [-0.39, 0.29) is 16.3 Å². The highest BCUT2D eigenvalue weighted by molar-refractivity contribution is 9.10. The predicted octanol–water partition coefficient (Wildman–Crippen LogP) is 3.91. The van der Waals surface area contributed by atoms with Crippen LogP contribution in [-0.2, 0) is 15.6 Å². The van der Waals surface area contributed by atoms with Gasteiger partial charge in [0.15, 0.2) is 9.84 Å². The van der Waals surface area contributed by atoms with Crippen LogP contribution in [0.2, 0.25) is 0 Å². The minimum absolute atomic E-state index is 0.0427. The van der Waals surface area contributed by atoms with Crippen LogP contribution in [0.5, 0.6) is 0 Å². The van der Waals surface area contributed by atoms with E-state index < -0.39 is 15.7 Å². The molecule has 3 nitrogen and oxygen atoms in total. The van der Waals surface area contributed by atoms with E-state index in [1.54, 1.807) is 12.1 Å². The van der Waals surface area contributed by atoms with Gasteiger partial charge in [-0.15, -0.1) is 0 Å². The van der Waals surface area contributed by atoms with Gasteiger partial charge in [0.05, 0.1) is 16.3 Å². The Morgan fingerprint density at radius 1 is 1.05 bits per heavy atom. The van der Waals surface area contributed by atoms with Crippen LogP contribution in [0.3, 0.4) is 0 Å². The molecule has 2 N–H and O–H groups in total. The van der Waals surface area contributed by atoms with Crippen molar-refractivity contribution >= 4 is 47.4 Å². The van der Waals surface area contributed by atoms with Gasteiger partial charge in [-0.25, -0.2) is 12.8 Å². The highest BCUT2D eigenvalue weighted by Gasteiger charge is 2.19. The number of anilines is 1. The zero-order valence-electron chi connectivity index (χ0n) is 10.1. The minimum Gasteiger partial charge on any atom is -0.398 e. The number of nitrogen functional groups attached to an aromatic ring is 1. The Kier molecular flexibility index (Phi) is 4.51. The molecular formula is C13H10Br2FNO2S. The van der Waals surface area contributed by atoms with E-state index in [9.17, 15) is 12.8 Å². The maximum Gasteiger partial charge on any atom is 0.184 e. The van der Waals surface area contributed by atoms with Crippen LogP contribution >= 0.6 is 31.9 Å². The molecule has 2 aromatic rings. The van der Waals surface area contributed by atoms with Gasteiger partial charge in [-0.2, -0.15) is 0 Å². The van der Waals surface area contributed by atoms with Crippen molar-refractivity contribution in [1.82, 2.24) is 0 Å². The number of hydrogen-bond acceptors (Lipinski definition) is 3. The summed E-state index contributed by atoms with van der Waals surface area (Å²) in [6.07, 6.45) is 0. The molecule has 0 heterocycles. The molecule has 0 saturated heterocycles. The maximum atomic E-state index is 13.3. The van der Waals surface area contributed by atoms with Crippen molar-refractivity contribution in [2.45, 2.75) is 10.6 Å². The summed E-state index contributed by atoms with van der Waals surface area (Å²) in [4.78, 5) is 0.0427. The Balaban J connectivity index is 2.40. The standard InChI is InChI=1S/C13H10Br2FNO2S/c14-9-1-2-13(12(17)6-9)20(18,19)7-8-3-10(15)5-11(16)4-8/h1-6H,7,17H2. The van der Waals surface area contributed by atoms with E-state index in [4.69, 9.17) is 5.73 Å². The van der Waals surface area contributed by atoms with E-state index in [0.29, 0.717) is 14.5 Å². The van der Waals surface area contributed by atoms with Crippen LogP contribution < -0.4 is 5.73 Å². The first kappa shape index (κ1) is 15.5. The summed E-state index contributed by atoms with van der Waals surface area (Å²) in [6.45, 7) is 0. The highest BCUT2D eigenvalue weighted by atomic mass is 79.9. The third-order valence-electron chi connectivity index (χ3n) is 2.59. The molecule has 20 heavy (non-hydrogen) atoms. The van der Waals surface area contributed by atoms with Gasteiger partial charge in [-0.05, 0) is 42.0 Å². The Bertz CT molecular complexity index is 743. The normalized spacial score (nSPS) is 11.6. The maximum absolute atomic E-state index is 13.3. The fourth-order valence-electron chi connectivity index (χ4n) is 1.79. The first-order valence-electron chi connectivity index (χ1n) is 5.51. The minimum atomic E-state index is -3.63. The lowest BCUT2D eigenvalue weighted by molar-refractivity contribution is 0.595. The largest absolute Gasteiger partial charge is 0.398 e. The van der Waals surface area contributed by atoms with Gasteiger partial charge in [0, 0.05) is 8.95 Å². The van der Waals surface area contributed by atoms with Crippen LogP contribution in [-0.4, -0.2) is 8.42 Å². The quantitative estimate of drug-likeness (QED) is 0.763. The number of benzene rings is 2. The van der Waals surface area contributed by atoms with Crippen LogP contribution in [0.25, 0.3) is 0 Å². The molecule has 0 aromatic heterocycles. The van der Waals surface area contributed by atoms with E-state index in [1.807, 2.05) is 0 Å². The van der Waals surface area contributed by atoms with E-state index in [1.165, 1.54) is 24.3 Å². The van der Waals surface area contributed by atoms with E-state index >= 15 is 0 Å². The fourth-order valence-corrected chi connectivity index (χ4v) is 4.14. The third-order valence-corrected chi connectivity index (χ3v) is 5.29. The molecular weight excluding hydrogens is 413 g/mol. The lowest BCUT2D eigenvalue weighted by atomic mass is 10.2. The van der Waals surface area contributed by atoms with Crippen LogP contribution in [0.4, 0.5) is 10.1 Å². The van der Waals surface area contributed by atoms with Crippen LogP contribution in [0.15, 0.2) is 50.2 Å². The Morgan fingerprint density at radius 3 is 2.35 bits per heavy atom. The molecule has 2 rings (SSSR count). The van der Waals surface area contributed by atoms with Crippen molar-refractivity contribution in [2.75, 3.05) is 5.73 Å². The highest BCUT2D eigenvalue weighted by Crippen LogP contribution is 2.26. The Hall–Kier alpha value is -0.920. The molecule has 0 fully saturated rings. The summed E-state index contributed by atoms with van der Waals surface area (Å²) in [5.41, 5.74) is 6.25. The molecule has 0 aliphatic carbocycles. The molecule has 2 aromatic carbocycles. The second kappa shape index (κ2) is 5.83. The number of nitrogens with two attached hydrogens (primary N) is 1. The fraction of sp³-hybridized carbons (Fsp3) is 0.0769. The molecule has 0 bridgehead atoms. The molecule has 0 radical (unpaired) electrons. The molecule has 0 aliphatic heterocycles. The summed E-state index contributed by atoms with van der Waals surface area (Å²) >= 11 is 6.35. The first-order valence-corrected chi connectivity index (χ1v) is 8.74. The number of halogens is 3. The lowest BCUT2D eigenvalue weighted by Crippen LogP contribution is -2.08. The second-order valence-corrected chi connectivity index (χ2v) is 8.01.